The fraction of sp³-hybridized carbons (Fsp3) is 0.933. The molecule has 0 spiro atoms. The van der Waals surface area contributed by atoms with E-state index < -0.39 is 0 Å². The summed E-state index contributed by atoms with van der Waals surface area (Å²) in [7, 11) is 0. The minimum atomic E-state index is -0.288. The van der Waals surface area contributed by atoms with Crippen LogP contribution in [0.2, 0.25) is 0 Å². The van der Waals surface area contributed by atoms with Crippen molar-refractivity contribution in [2.24, 2.45) is 17.1 Å². The smallest absolute Gasteiger partial charge is 0.230 e. The number of nitrogens with two attached hydrogens (primary N) is 1. The van der Waals surface area contributed by atoms with Crippen molar-refractivity contribution in [1.82, 2.24) is 4.90 Å². The molecule has 1 saturated heterocycles. The Labute approximate surface area is 112 Å². The van der Waals surface area contributed by atoms with Crippen LogP contribution in [-0.2, 0) is 4.79 Å². The Morgan fingerprint density at radius 1 is 1.22 bits per heavy atom. The van der Waals surface area contributed by atoms with Crippen molar-refractivity contribution in [2.75, 3.05) is 19.6 Å². The summed E-state index contributed by atoms with van der Waals surface area (Å²) in [6.45, 7) is 8.91. The topological polar surface area (TPSA) is 46.3 Å². The lowest BCUT2D eigenvalue weighted by Crippen LogP contribution is -2.50. The van der Waals surface area contributed by atoms with Gasteiger partial charge in [-0.15, -0.1) is 0 Å². The van der Waals surface area contributed by atoms with Crippen LogP contribution in [0, 0.1) is 11.3 Å². The van der Waals surface area contributed by atoms with E-state index in [0.717, 1.165) is 57.5 Å². The van der Waals surface area contributed by atoms with E-state index >= 15 is 0 Å². The molecular formula is C15H30N2O. The number of carbonyl (C=O) groups excluding carboxylic acids is 1. The number of piperidine rings is 1. The molecule has 1 rings (SSSR count). The Balaban J connectivity index is 2.74. The number of rotatable bonds is 6. The molecule has 0 aromatic heterocycles. The highest BCUT2D eigenvalue weighted by Crippen LogP contribution is 2.32. The third-order valence-corrected chi connectivity index (χ3v) is 4.37. The molecule has 0 saturated carbocycles. The predicted octanol–water partition coefficient (Wildman–Crippen LogP) is 2.79. The van der Waals surface area contributed by atoms with Crippen LogP contribution < -0.4 is 5.73 Å². The Morgan fingerprint density at radius 2 is 1.72 bits per heavy atom. The van der Waals surface area contributed by atoms with E-state index in [9.17, 15) is 4.79 Å². The van der Waals surface area contributed by atoms with Gasteiger partial charge in [0.2, 0.25) is 5.91 Å². The molecule has 1 aliphatic heterocycles. The lowest BCUT2D eigenvalue weighted by molar-refractivity contribution is -0.144. The average Bonchev–Trinajstić information content (AvgIpc) is 2.38. The number of nitrogens with zero attached hydrogens (tertiary/aromatic N) is 1. The van der Waals surface area contributed by atoms with Crippen molar-refractivity contribution >= 4 is 5.91 Å². The maximum absolute atomic E-state index is 12.8. The quantitative estimate of drug-likeness (QED) is 0.792. The Bertz CT molecular complexity index is 251. The van der Waals surface area contributed by atoms with Crippen molar-refractivity contribution in [3.8, 4) is 0 Å². The van der Waals surface area contributed by atoms with Crippen LogP contribution in [-0.4, -0.2) is 30.4 Å². The second-order valence-corrected chi connectivity index (χ2v) is 5.96. The predicted molar refractivity (Wildman–Crippen MR) is 76.3 cm³/mol. The summed E-state index contributed by atoms with van der Waals surface area (Å²) < 4.78 is 0. The molecule has 3 nitrogen and oxygen atoms in total. The molecule has 1 aliphatic rings. The number of amides is 1. The van der Waals surface area contributed by atoms with Gasteiger partial charge in [-0.05, 0) is 31.6 Å². The Hall–Kier alpha value is -0.570. The maximum atomic E-state index is 12.8. The second kappa shape index (κ2) is 7.13. The molecular weight excluding hydrogens is 224 g/mol. The van der Waals surface area contributed by atoms with E-state index in [1.165, 1.54) is 0 Å². The third kappa shape index (κ3) is 3.47. The molecule has 0 bridgehead atoms. The van der Waals surface area contributed by atoms with E-state index in [1.807, 2.05) is 0 Å². The van der Waals surface area contributed by atoms with Crippen molar-refractivity contribution < 1.29 is 4.79 Å². The first-order valence-electron chi connectivity index (χ1n) is 7.59. The van der Waals surface area contributed by atoms with Crippen LogP contribution in [0.4, 0.5) is 0 Å². The van der Waals surface area contributed by atoms with Gasteiger partial charge in [0.25, 0.3) is 0 Å². The minimum absolute atomic E-state index is 0.288. The number of hydrogen-bond donors (Lipinski definition) is 1. The van der Waals surface area contributed by atoms with Gasteiger partial charge >= 0.3 is 0 Å². The fourth-order valence-corrected chi connectivity index (χ4v) is 3.13. The van der Waals surface area contributed by atoms with Crippen molar-refractivity contribution in [3.63, 3.8) is 0 Å². The normalized spacial score (nSPS) is 18.1. The van der Waals surface area contributed by atoms with Gasteiger partial charge in [-0.25, -0.2) is 0 Å². The van der Waals surface area contributed by atoms with Crippen molar-refractivity contribution in [3.05, 3.63) is 0 Å². The number of likely N-dealkylation sites (tertiary alicyclic amines) is 1. The average molecular weight is 254 g/mol. The molecule has 1 fully saturated rings. The molecule has 106 valence electrons. The lowest BCUT2D eigenvalue weighted by Gasteiger charge is -2.39. The first-order chi connectivity index (χ1) is 8.59. The zero-order valence-electron chi connectivity index (χ0n) is 12.4. The molecule has 2 N–H and O–H groups in total. The number of carbonyl (C=O) groups is 1. The summed E-state index contributed by atoms with van der Waals surface area (Å²) in [4.78, 5) is 14.9. The SMILES string of the molecule is CCCC(CN)(CCC)C(=O)N1CCC(C)CC1. The van der Waals surface area contributed by atoms with Crippen LogP contribution >= 0.6 is 0 Å². The number of hydrogen-bond acceptors (Lipinski definition) is 2. The van der Waals surface area contributed by atoms with E-state index in [2.05, 4.69) is 25.7 Å². The Morgan fingerprint density at radius 3 is 2.11 bits per heavy atom. The zero-order valence-corrected chi connectivity index (χ0v) is 12.4. The van der Waals surface area contributed by atoms with Crippen molar-refractivity contribution in [2.45, 2.75) is 59.3 Å². The standard InChI is InChI=1S/C15H30N2O/c1-4-8-15(12-16,9-5-2)14(18)17-10-6-13(3)7-11-17/h13H,4-12,16H2,1-3H3. The summed E-state index contributed by atoms with van der Waals surface area (Å²) >= 11 is 0. The van der Waals surface area contributed by atoms with Gasteiger partial charge in [0.05, 0.1) is 5.41 Å². The highest BCUT2D eigenvalue weighted by atomic mass is 16.2. The van der Waals surface area contributed by atoms with Gasteiger partial charge in [-0.3, -0.25) is 4.79 Å². The van der Waals surface area contributed by atoms with Crippen LogP contribution in [0.5, 0.6) is 0 Å². The minimum Gasteiger partial charge on any atom is -0.342 e. The molecule has 0 radical (unpaired) electrons. The molecule has 1 amide bonds. The van der Waals surface area contributed by atoms with Gasteiger partial charge < -0.3 is 10.6 Å². The summed E-state index contributed by atoms with van der Waals surface area (Å²) in [5.74, 6) is 1.08. The second-order valence-electron chi connectivity index (χ2n) is 5.96. The monoisotopic (exact) mass is 254 g/mol. The summed E-state index contributed by atoms with van der Waals surface area (Å²) in [6, 6.07) is 0. The zero-order chi connectivity index (χ0) is 13.6. The summed E-state index contributed by atoms with van der Waals surface area (Å²) in [5.41, 5.74) is 5.68. The largest absolute Gasteiger partial charge is 0.342 e. The van der Waals surface area contributed by atoms with Crippen molar-refractivity contribution in [1.29, 1.82) is 0 Å². The van der Waals surface area contributed by atoms with E-state index in [0.29, 0.717) is 12.5 Å². The fourth-order valence-electron chi connectivity index (χ4n) is 3.13. The first-order valence-corrected chi connectivity index (χ1v) is 7.59. The highest BCUT2D eigenvalue weighted by Gasteiger charge is 2.39. The van der Waals surface area contributed by atoms with Gasteiger partial charge in [-0.2, -0.15) is 0 Å². The molecule has 0 atom stereocenters. The highest BCUT2D eigenvalue weighted by molar-refractivity contribution is 5.83. The summed E-state index contributed by atoms with van der Waals surface area (Å²) in [5, 5.41) is 0. The van der Waals surface area contributed by atoms with Gasteiger partial charge in [0.1, 0.15) is 0 Å². The molecule has 0 aromatic rings. The molecule has 18 heavy (non-hydrogen) atoms. The van der Waals surface area contributed by atoms with Gasteiger partial charge in [0, 0.05) is 19.6 Å². The Kier molecular flexibility index (Phi) is 6.13. The van der Waals surface area contributed by atoms with E-state index in [4.69, 9.17) is 5.73 Å². The lowest BCUT2D eigenvalue weighted by atomic mass is 9.77. The third-order valence-electron chi connectivity index (χ3n) is 4.37. The van der Waals surface area contributed by atoms with Crippen LogP contribution in [0.25, 0.3) is 0 Å². The molecule has 0 unspecified atom stereocenters. The van der Waals surface area contributed by atoms with Crippen LogP contribution in [0.15, 0.2) is 0 Å². The van der Waals surface area contributed by atoms with Gasteiger partial charge in [0.15, 0.2) is 0 Å². The van der Waals surface area contributed by atoms with E-state index in [-0.39, 0.29) is 5.41 Å². The molecule has 1 heterocycles. The van der Waals surface area contributed by atoms with E-state index in [1.54, 1.807) is 0 Å². The molecule has 0 aliphatic carbocycles. The maximum Gasteiger partial charge on any atom is 0.230 e. The molecule has 3 heteroatoms. The summed E-state index contributed by atoms with van der Waals surface area (Å²) in [6.07, 6.45) is 6.22. The first kappa shape index (κ1) is 15.5. The molecule has 0 aromatic carbocycles. The van der Waals surface area contributed by atoms with Gasteiger partial charge in [-0.1, -0.05) is 33.6 Å². The van der Waals surface area contributed by atoms with Crippen LogP contribution in [0.3, 0.4) is 0 Å². The van der Waals surface area contributed by atoms with Crippen LogP contribution in [0.1, 0.15) is 59.3 Å².